The van der Waals surface area contributed by atoms with Gasteiger partial charge in [-0.25, -0.2) is 0 Å². The van der Waals surface area contributed by atoms with Gasteiger partial charge in [-0.05, 0) is 43.0 Å². The van der Waals surface area contributed by atoms with Crippen molar-refractivity contribution in [3.8, 4) is 0 Å². The van der Waals surface area contributed by atoms with Gasteiger partial charge in [0.05, 0.1) is 4.90 Å². The lowest BCUT2D eigenvalue weighted by atomic mass is 10.0. The van der Waals surface area contributed by atoms with Crippen molar-refractivity contribution in [2.45, 2.75) is 38.0 Å². The molecule has 0 amide bonds. The Hall–Kier alpha value is -0.870. The van der Waals surface area contributed by atoms with Gasteiger partial charge < -0.3 is 0 Å². The first kappa shape index (κ1) is 12.2. The smallest absolute Gasteiger partial charge is 0.282 e. The second-order valence-corrected chi connectivity index (χ2v) is 5.09. The summed E-state index contributed by atoms with van der Waals surface area (Å²) in [7, 11) is -4.06. The van der Waals surface area contributed by atoms with Crippen LogP contribution in [0, 0.1) is 6.92 Å². The Morgan fingerprint density at radius 2 is 2.00 bits per heavy atom. The summed E-state index contributed by atoms with van der Waals surface area (Å²) in [6.45, 7) is 3.97. The summed E-state index contributed by atoms with van der Waals surface area (Å²) in [6.07, 6.45) is 3.15. The zero-order chi connectivity index (χ0) is 11.5. The zero-order valence-corrected chi connectivity index (χ0v) is 9.84. The summed E-state index contributed by atoms with van der Waals surface area (Å²) >= 11 is 0. The number of benzene rings is 1. The first-order valence-corrected chi connectivity index (χ1v) is 6.46. The molecule has 1 aromatic carbocycles. The molecule has 84 valence electrons. The van der Waals surface area contributed by atoms with Gasteiger partial charge in [-0.3, -0.25) is 4.55 Å². The van der Waals surface area contributed by atoms with Crippen LogP contribution in [0.4, 0.5) is 0 Å². The predicted octanol–water partition coefficient (Wildman–Crippen LogP) is 2.58. The fourth-order valence-corrected chi connectivity index (χ4v) is 2.04. The first-order valence-electron chi connectivity index (χ1n) is 5.02. The molecule has 0 spiro atoms. The highest BCUT2D eigenvalue weighted by atomic mass is 32.2. The van der Waals surface area contributed by atoms with E-state index in [1.165, 1.54) is 12.1 Å². The van der Waals surface area contributed by atoms with Crippen LogP contribution in [0.5, 0.6) is 0 Å². The largest absolute Gasteiger partial charge is 0.294 e. The van der Waals surface area contributed by atoms with E-state index in [9.17, 15) is 8.42 Å². The third kappa shape index (κ3) is 3.32. The second-order valence-electron chi connectivity index (χ2n) is 3.67. The fourth-order valence-electron chi connectivity index (χ4n) is 1.48. The molecule has 0 aromatic heterocycles. The van der Waals surface area contributed by atoms with E-state index < -0.39 is 10.1 Å². The fraction of sp³-hybridized carbons (Fsp3) is 0.455. The predicted molar refractivity (Wildman–Crippen MR) is 59.6 cm³/mol. The van der Waals surface area contributed by atoms with Gasteiger partial charge in [-0.2, -0.15) is 8.42 Å². The molecule has 0 atom stereocenters. The third-order valence-electron chi connectivity index (χ3n) is 2.41. The average molecular weight is 228 g/mol. The van der Waals surface area contributed by atoms with Crippen molar-refractivity contribution in [1.29, 1.82) is 0 Å². The zero-order valence-electron chi connectivity index (χ0n) is 9.03. The lowest BCUT2D eigenvalue weighted by molar-refractivity contribution is 0.483. The summed E-state index contributed by atoms with van der Waals surface area (Å²) in [4.78, 5) is -0.0275. The van der Waals surface area contributed by atoms with E-state index in [0.29, 0.717) is 0 Å². The minimum Gasteiger partial charge on any atom is -0.282 e. The lowest BCUT2D eigenvalue weighted by Gasteiger charge is -2.06. The number of rotatable bonds is 4. The molecule has 0 unspecified atom stereocenters. The maximum absolute atomic E-state index is 10.9. The van der Waals surface area contributed by atoms with Crippen LogP contribution in [0.2, 0.25) is 0 Å². The van der Waals surface area contributed by atoms with Crippen molar-refractivity contribution in [2.75, 3.05) is 0 Å². The number of hydrogen-bond donors (Lipinski definition) is 1. The van der Waals surface area contributed by atoms with Crippen LogP contribution in [0.1, 0.15) is 30.9 Å². The van der Waals surface area contributed by atoms with Gasteiger partial charge in [0, 0.05) is 0 Å². The molecule has 1 N–H and O–H groups in total. The Kier molecular flexibility index (Phi) is 3.88. The van der Waals surface area contributed by atoms with Crippen LogP contribution < -0.4 is 0 Å². The summed E-state index contributed by atoms with van der Waals surface area (Å²) < 4.78 is 30.6. The molecule has 3 nitrogen and oxygen atoms in total. The maximum atomic E-state index is 10.9. The Labute approximate surface area is 90.9 Å². The third-order valence-corrected chi connectivity index (χ3v) is 3.26. The average Bonchev–Trinajstić information content (AvgIpc) is 2.14. The van der Waals surface area contributed by atoms with E-state index in [0.717, 1.165) is 30.4 Å². The molecule has 0 radical (unpaired) electrons. The molecular formula is C11H16O3S. The molecule has 1 rings (SSSR count). The highest BCUT2D eigenvalue weighted by Crippen LogP contribution is 2.16. The Balaban J connectivity index is 2.99. The standard InChI is InChI=1S/C11H16O3S/c1-3-4-5-10-6-7-11(8-9(10)2)15(12,13)14/h6-8H,3-5H2,1-2H3,(H,12,13,14). The highest BCUT2D eigenvalue weighted by Gasteiger charge is 2.10. The van der Waals surface area contributed by atoms with E-state index in [1.807, 2.05) is 6.92 Å². The molecule has 0 bridgehead atoms. The maximum Gasteiger partial charge on any atom is 0.294 e. The van der Waals surface area contributed by atoms with Crippen molar-refractivity contribution in [3.63, 3.8) is 0 Å². The van der Waals surface area contributed by atoms with E-state index in [1.54, 1.807) is 6.07 Å². The molecule has 0 aliphatic carbocycles. The molecular weight excluding hydrogens is 212 g/mol. The van der Waals surface area contributed by atoms with Gasteiger partial charge in [0.25, 0.3) is 10.1 Å². The quantitative estimate of drug-likeness (QED) is 0.806. The van der Waals surface area contributed by atoms with Gasteiger partial charge in [-0.1, -0.05) is 19.4 Å². The molecule has 1 aromatic rings. The van der Waals surface area contributed by atoms with Crippen molar-refractivity contribution in [3.05, 3.63) is 29.3 Å². The van der Waals surface area contributed by atoms with Crippen molar-refractivity contribution in [1.82, 2.24) is 0 Å². The summed E-state index contributed by atoms with van der Waals surface area (Å²) in [5.41, 5.74) is 2.06. The highest BCUT2D eigenvalue weighted by molar-refractivity contribution is 7.85. The van der Waals surface area contributed by atoms with Crippen molar-refractivity contribution < 1.29 is 13.0 Å². The van der Waals surface area contributed by atoms with E-state index in [4.69, 9.17) is 4.55 Å². The first-order chi connectivity index (χ1) is 6.95. The lowest BCUT2D eigenvalue weighted by Crippen LogP contribution is -2.00. The number of unbranched alkanes of at least 4 members (excludes halogenated alkanes) is 1. The van der Waals surface area contributed by atoms with E-state index in [-0.39, 0.29) is 4.90 Å². The van der Waals surface area contributed by atoms with E-state index >= 15 is 0 Å². The number of aryl methyl sites for hydroxylation is 2. The molecule has 0 aliphatic heterocycles. The molecule has 0 saturated heterocycles. The Bertz CT molecular complexity index is 435. The second kappa shape index (κ2) is 4.77. The van der Waals surface area contributed by atoms with Gasteiger partial charge in [0.2, 0.25) is 0 Å². The topological polar surface area (TPSA) is 54.4 Å². The van der Waals surface area contributed by atoms with Crippen molar-refractivity contribution in [2.24, 2.45) is 0 Å². The summed E-state index contributed by atoms with van der Waals surface area (Å²) in [5, 5.41) is 0. The number of hydrogen-bond acceptors (Lipinski definition) is 2. The van der Waals surface area contributed by atoms with Crippen molar-refractivity contribution >= 4 is 10.1 Å². The molecule has 15 heavy (non-hydrogen) atoms. The SMILES string of the molecule is CCCCc1ccc(S(=O)(=O)O)cc1C. The van der Waals surface area contributed by atoms with Crippen LogP contribution in [0.25, 0.3) is 0 Å². The van der Waals surface area contributed by atoms with Crippen LogP contribution >= 0.6 is 0 Å². The summed E-state index contributed by atoms with van der Waals surface area (Å²) in [5.74, 6) is 0. The van der Waals surface area contributed by atoms with Crippen LogP contribution in [0.15, 0.2) is 23.1 Å². The van der Waals surface area contributed by atoms with Gasteiger partial charge in [0.15, 0.2) is 0 Å². The normalized spacial score (nSPS) is 11.7. The summed E-state index contributed by atoms with van der Waals surface area (Å²) in [6, 6.07) is 4.74. The van der Waals surface area contributed by atoms with Crippen LogP contribution in [0.3, 0.4) is 0 Å². The molecule has 0 aliphatic rings. The molecule has 4 heteroatoms. The minimum atomic E-state index is -4.06. The van der Waals surface area contributed by atoms with Gasteiger partial charge in [-0.15, -0.1) is 0 Å². The molecule has 0 saturated carbocycles. The molecule has 0 heterocycles. The van der Waals surface area contributed by atoms with E-state index in [2.05, 4.69) is 6.92 Å². The van der Waals surface area contributed by atoms with Gasteiger partial charge >= 0.3 is 0 Å². The monoisotopic (exact) mass is 228 g/mol. The Morgan fingerprint density at radius 3 is 2.47 bits per heavy atom. The molecule has 0 fully saturated rings. The van der Waals surface area contributed by atoms with Gasteiger partial charge in [0.1, 0.15) is 0 Å². The Morgan fingerprint density at radius 1 is 1.33 bits per heavy atom. The van der Waals surface area contributed by atoms with Crippen LogP contribution in [-0.4, -0.2) is 13.0 Å². The van der Waals surface area contributed by atoms with Crippen LogP contribution in [-0.2, 0) is 16.5 Å². The minimum absolute atomic E-state index is 0.0275.